The molecule has 0 spiro atoms. The van der Waals surface area contributed by atoms with Gasteiger partial charge in [0, 0.05) is 25.2 Å². The zero-order valence-electron chi connectivity index (χ0n) is 13.4. The van der Waals surface area contributed by atoms with Crippen LogP contribution in [0, 0.1) is 10.1 Å². The Labute approximate surface area is 143 Å². The van der Waals surface area contributed by atoms with Crippen LogP contribution in [0.3, 0.4) is 0 Å². The van der Waals surface area contributed by atoms with Gasteiger partial charge >= 0.3 is 0 Å². The Morgan fingerprint density at radius 1 is 1.12 bits per heavy atom. The minimum absolute atomic E-state index is 0.240. The highest BCUT2D eigenvalue weighted by Crippen LogP contribution is 2.22. The Bertz CT molecular complexity index is 828. The lowest BCUT2D eigenvalue weighted by molar-refractivity contribution is -0.385. The van der Waals surface area contributed by atoms with Crippen LogP contribution in [0.25, 0.3) is 0 Å². The van der Waals surface area contributed by atoms with Crippen LogP contribution in [0.1, 0.15) is 11.6 Å². The highest BCUT2D eigenvalue weighted by molar-refractivity contribution is 5.84. The summed E-state index contributed by atoms with van der Waals surface area (Å²) < 4.78 is 6.39. The predicted octanol–water partition coefficient (Wildman–Crippen LogP) is 1.20. The number of benzene rings is 1. The number of carbonyl (C=O) groups excluding carboxylic acids is 1. The van der Waals surface area contributed by atoms with E-state index in [0.29, 0.717) is 31.9 Å². The smallest absolute Gasteiger partial charge is 0.285 e. The van der Waals surface area contributed by atoms with E-state index in [1.807, 2.05) is 0 Å². The molecule has 130 valence electrons. The summed E-state index contributed by atoms with van der Waals surface area (Å²) in [5, 5.41) is 11.1. The molecule has 1 atom stereocenters. The molecule has 1 saturated heterocycles. The van der Waals surface area contributed by atoms with Gasteiger partial charge in [-0.3, -0.25) is 24.3 Å². The quantitative estimate of drug-likeness (QED) is 0.614. The van der Waals surface area contributed by atoms with Gasteiger partial charge in [-0.15, -0.1) is 0 Å². The summed E-state index contributed by atoms with van der Waals surface area (Å²) in [5.74, 6) is -0.280. The summed E-state index contributed by atoms with van der Waals surface area (Å²) in [6.07, 6.45) is 1.12. The number of pyridine rings is 1. The maximum atomic E-state index is 13.1. The van der Waals surface area contributed by atoms with E-state index in [-0.39, 0.29) is 11.6 Å². The molecule has 1 aliphatic heterocycles. The molecule has 2 heterocycles. The number of morpholine rings is 1. The van der Waals surface area contributed by atoms with Crippen molar-refractivity contribution in [2.75, 3.05) is 26.3 Å². The van der Waals surface area contributed by atoms with Crippen molar-refractivity contribution < 1.29 is 14.5 Å². The fourth-order valence-corrected chi connectivity index (χ4v) is 2.82. The van der Waals surface area contributed by atoms with Crippen LogP contribution in [0.5, 0.6) is 0 Å². The molecular weight excluding hydrogens is 326 g/mol. The minimum Gasteiger partial charge on any atom is -0.378 e. The molecule has 0 N–H and O–H groups in total. The van der Waals surface area contributed by atoms with Crippen LogP contribution in [-0.2, 0) is 9.53 Å². The second-order valence-corrected chi connectivity index (χ2v) is 5.64. The van der Waals surface area contributed by atoms with Crippen LogP contribution in [0.15, 0.2) is 53.5 Å². The third-order valence-electron chi connectivity index (χ3n) is 4.08. The molecular formula is C17H17N3O5. The van der Waals surface area contributed by atoms with Crippen molar-refractivity contribution in [3.05, 3.63) is 74.7 Å². The van der Waals surface area contributed by atoms with Gasteiger partial charge in [0.1, 0.15) is 6.04 Å². The third-order valence-corrected chi connectivity index (χ3v) is 4.08. The van der Waals surface area contributed by atoms with Crippen LogP contribution in [0.4, 0.5) is 5.69 Å². The standard InChI is InChI=1S/C17H17N3O5/c21-15-7-6-14(20(23)24)12-19(15)16(13-4-2-1-3-5-13)17(22)18-8-10-25-11-9-18/h1-7,12,16H,8-11H2/t16-/m1/s1. The summed E-state index contributed by atoms with van der Waals surface area (Å²) in [5.41, 5.74) is -0.113. The molecule has 0 saturated carbocycles. The summed E-state index contributed by atoms with van der Waals surface area (Å²) >= 11 is 0. The molecule has 1 amide bonds. The number of hydrogen-bond donors (Lipinski definition) is 0. The zero-order valence-corrected chi connectivity index (χ0v) is 13.4. The van der Waals surface area contributed by atoms with Gasteiger partial charge in [0.05, 0.1) is 24.3 Å². The van der Waals surface area contributed by atoms with Gasteiger partial charge in [-0.2, -0.15) is 0 Å². The van der Waals surface area contributed by atoms with Gasteiger partial charge in [-0.25, -0.2) is 0 Å². The molecule has 3 rings (SSSR count). The lowest BCUT2D eigenvalue weighted by Crippen LogP contribution is -2.46. The molecule has 0 unspecified atom stereocenters. The van der Waals surface area contributed by atoms with E-state index in [1.165, 1.54) is 0 Å². The van der Waals surface area contributed by atoms with Crippen LogP contribution < -0.4 is 5.56 Å². The van der Waals surface area contributed by atoms with Crippen LogP contribution in [-0.4, -0.2) is 46.6 Å². The largest absolute Gasteiger partial charge is 0.378 e. The van der Waals surface area contributed by atoms with E-state index in [9.17, 15) is 19.7 Å². The van der Waals surface area contributed by atoms with Crippen molar-refractivity contribution in [3.8, 4) is 0 Å². The highest BCUT2D eigenvalue weighted by atomic mass is 16.6. The lowest BCUT2D eigenvalue weighted by Gasteiger charge is -2.31. The molecule has 1 aromatic heterocycles. The molecule has 0 bridgehead atoms. The molecule has 2 aromatic rings. The van der Waals surface area contributed by atoms with Crippen molar-refractivity contribution in [2.45, 2.75) is 6.04 Å². The van der Waals surface area contributed by atoms with Crippen molar-refractivity contribution >= 4 is 11.6 Å². The molecule has 8 heteroatoms. The van der Waals surface area contributed by atoms with Gasteiger partial charge in [-0.05, 0) is 5.56 Å². The number of aromatic nitrogens is 1. The first-order chi connectivity index (χ1) is 12.1. The molecule has 1 fully saturated rings. The van der Waals surface area contributed by atoms with Crippen LogP contribution >= 0.6 is 0 Å². The predicted molar refractivity (Wildman–Crippen MR) is 89.3 cm³/mol. The average molecular weight is 343 g/mol. The second-order valence-electron chi connectivity index (χ2n) is 5.64. The molecule has 8 nitrogen and oxygen atoms in total. The summed E-state index contributed by atoms with van der Waals surface area (Å²) in [6.45, 7) is 1.70. The first-order valence-electron chi connectivity index (χ1n) is 7.86. The molecule has 0 radical (unpaired) electrons. The number of ether oxygens (including phenoxy) is 1. The summed E-state index contributed by atoms with van der Waals surface area (Å²) in [7, 11) is 0. The fraction of sp³-hybridized carbons (Fsp3) is 0.294. The third kappa shape index (κ3) is 3.58. The Morgan fingerprint density at radius 3 is 2.44 bits per heavy atom. The zero-order chi connectivity index (χ0) is 17.8. The Balaban J connectivity index is 2.08. The van der Waals surface area contributed by atoms with Crippen molar-refractivity contribution in [1.29, 1.82) is 0 Å². The van der Waals surface area contributed by atoms with Gasteiger partial charge in [0.25, 0.3) is 17.2 Å². The van der Waals surface area contributed by atoms with Crippen LogP contribution in [0.2, 0.25) is 0 Å². The monoisotopic (exact) mass is 343 g/mol. The van der Waals surface area contributed by atoms with E-state index in [0.717, 1.165) is 22.9 Å². The topological polar surface area (TPSA) is 94.7 Å². The lowest BCUT2D eigenvalue weighted by atomic mass is 10.0. The van der Waals surface area contributed by atoms with Crippen molar-refractivity contribution in [2.24, 2.45) is 0 Å². The molecule has 1 aromatic carbocycles. The Kier molecular flexibility index (Phi) is 4.90. The SMILES string of the molecule is O=C([C@@H](c1ccccc1)n1cc([N+](=O)[O-])ccc1=O)N1CCOCC1. The van der Waals surface area contributed by atoms with Gasteiger partial charge in [-0.1, -0.05) is 30.3 Å². The van der Waals surface area contributed by atoms with Gasteiger partial charge < -0.3 is 9.64 Å². The Hall–Kier alpha value is -3.00. The number of rotatable bonds is 4. The summed E-state index contributed by atoms with van der Waals surface area (Å²) in [6, 6.07) is 10.1. The average Bonchev–Trinajstić information content (AvgIpc) is 2.65. The number of hydrogen-bond acceptors (Lipinski definition) is 5. The van der Waals surface area contributed by atoms with Crippen molar-refractivity contribution in [1.82, 2.24) is 9.47 Å². The normalized spacial score (nSPS) is 15.6. The number of nitrogens with zero attached hydrogens (tertiary/aromatic N) is 3. The fourth-order valence-electron chi connectivity index (χ4n) is 2.82. The minimum atomic E-state index is -0.952. The second kappa shape index (κ2) is 7.27. The molecule has 0 aliphatic carbocycles. The van der Waals surface area contributed by atoms with Gasteiger partial charge in [0.15, 0.2) is 0 Å². The number of amides is 1. The number of nitro groups is 1. The Morgan fingerprint density at radius 2 is 1.80 bits per heavy atom. The maximum Gasteiger partial charge on any atom is 0.285 e. The van der Waals surface area contributed by atoms with Crippen molar-refractivity contribution in [3.63, 3.8) is 0 Å². The van der Waals surface area contributed by atoms with E-state index in [1.54, 1.807) is 35.2 Å². The van der Waals surface area contributed by atoms with Gasteiger partial charge in [0.2, 0.25) is 0 Å². The maximum absolute atomic E-state index is 13.1. The van der Waals surface area contributed by atoms with E-state index >= 15 is 0 Å². The number of carbonyl (C=O) groups is 1. The molecule has 25 heavy (non-hydrogen) atoms. The first kappa shape index (κ1) is 16.8. The van der Waals surface area contributed by atoms with E-state index in [2.05, 4.69) is 0 Å². The van der Waals surface area contributed by atoms with E-state index < -0.39 is 16.5 Å². The first-order valence-corrected chi connectivity index (χ1v) is 7.86. The van der Waals surface area contributed by atoms with E-state index in [4.69, 9.17) is 4.74 Å². The molecule has 1 aliphatic rings. The highest BCUT2D eigenvalue weighted by Gasteiger charge is 2.30. The summed E-state index contributed by atoms with van der Waals surface area (Å²) in [4.78, 5) is 37.5.